The summed E-state index contributed by atoms with van der Waals surface area (Å²) in [6.45, 7) is 0. The molecule has 4 nitrogen and oxygen atoms in total. The Labute approximate surface area is 107 Å². The predicted octanol–water partition coefficient (Wildman–Crippen LogP) is 0.815. The lowest BCUT2D eigenvalue weighted by Gasteiger charge is -2.36. The molecule has 2 unspecified atom stereocenters. The Hall–Kier alpha value is -0.680. The standard InChI is InChI=1S/C12H20N2O2S/c1-14(8-4-2-3-5-9(8)15)11(16)12(6-7-12)10(13)17/h8-9,15H,2-7H2,1H3,(H2,13,17). The van der Waals surface area contributed by atoms with Crippen LogP contribution in [-0.4, -0.2) is 40.1 Å². The summed E-state index contributed by atoms with van der Waals surface area (Å²) in [5.41, 5.74) is 5.06. The summed E-state index contributed by atoms with van der Waals surface area (Å²) in [5, 5.41) is 9.96. The van der Waals surface area contributed by atoms with Crippen LogP contribution in [0.1, 0.15) is 38.5 Å². The van der Waals surface area contributed by atoms with E-state index in [9.17, 15) is 9.90 Å². The summed E-state index contributed by atoms with van der Waals surface area (Å²) in [5.74, 6) is -0.00375. The fourth-order valence-corrected chi connectivity index (χ4v) is 3.01. The van der Waals surface area contributed by atoms with Crippen LogP contribution < -0.4 is 5.73 Å². The third-order valence-electron chi connectivity index (χ3n) is 4.14. The van der Waals surface area contributed by atoms with Gasteiger partial charge < -0.3 is 15.7 Å². The molecule has 3 N–H and O–H groups in total. The van der Waals surface area contributed by atoms with Crippen LogP contribution >= 0.6 is 12.2 Å². The molecule has 96 valence electrons. The molecule has 2 rings (SSSR count). The Bertz CT molecular complexity index is 341. The molecule has 0 saturated heterocycles. The number of rotatable bonds is 3. The van der Waals surface area contributed by atoms with E-state index < -0.39 is 11.5 Å². The van der Waals surface area contributed by atoms with Gasteiger partial charge in [-0.25, -0.2) is 0 Å². The van der Waals surface area contributed by atoms with Gasteiger partial charge in [-0.05, 0) is 25.7 Å². The molecule has 0 aromatic rings. The van der Waals surface area contributed by atoms with E-state index in [1.807, 2.05) is 0 Å². The van der Waals surface area contributed by atoms with Crippen LogP contribution in [-0.2, 0) is 4.79 Å². The number of carbonyl (C=O) groups excluding carboxylic acids is 1. The van der Waals surface area contributed by atoms with E-state index >= 15 is 0 Å². The highest BCUT2D eigenvalue weighted by Crippen LogP contribution is 2.48. The number of carbonyl (C=O) groups is 1. The second-order valence-corrected chi connectivity index (χ2v) is 5.72. The Balaban J connectivity index is 2.07. The largest absolute Gasteiger partial charge is 0.392 e. The number of nitrogens with zero attached hydrogens (tertiary/aromatic N) is 1. The van der Waals surface area contributed by atoms with Crippen molar-refractivity contribution in [2.24, 2.45) is 11.1 Å². The minimum Gasteiger partial charge on any atom is -0.392 e. The van der Waals surface area contributed by atoms with E-state index in [1.54, 1.807) is 11.9 Å². The van der Waals surface area contributed by atoms with Crippen molar-refractivity contribution in [1.29, 1.82) is 0 Å². The van der Waals surface area contributed by atoms with Crippen molar-refractivity contribution in [1.82, 2.24) is 4.90 Å². The number of aliphatic hydroxyl groups excluding tert-OH is 1. The van der Waals surface area contributed by atoms with Crippen molar-refractivity contribution in [3.63, 3.8) is 0 Å². The molecule has 17 heavy (non-hydrogen) atoms. The lowest BCUT2D eigenvalue weighted by Crippen LogP contribution is -2.50. The van der Waals surface area contributed by atoms with Crippen LogP contribution in [0.25, 0.3) is 0 Å². The topological polar surface area (TPSA) is 66.6 Å². The van der Waals surface area contributed by atoms with E-state index in [4.69, 9.17) is 18.0 Å². The minimum absolute atomic E-state index is 0.00375. The molecule has 2 aliphatic rings. The van der Waals surface area contributed by atoms with E-state index in [-0.39, 0.29) is 11.9 Å². The zero-order valence-corrected chi connectivity index (χ0v) is 11.0. The van der Waals surface area contributed by atoms with Crippen molar-refractivity contribution in [3.05, 3.63) is 0 Å². The van der Waals surface area contributed by atoms with Crippen LogP contribution in [0.15, 0.2) is 0 Å². The fourth-order valence-electron chi connectivity index (χ4n) is 2.72. The van der Waals surface area contributed by atoms with E-state index in [0.29, 0.717) is 4.99 Å². The Morgan fingerprint density at radius 1 is 1.41 bits per heavy atom. The Kier molecular flexibility index (Phi) is 3.41. The summed E-state index contributed by atoms with van der Waals surface area (Å²) in [6, 6.07) is -0.0666. The molecule has 0 bridgehead atoms. The van der Waals surface area contributed by atoms with Gasteiger partial charge in [0.2, 0.25) is 5.91 Å². The van der Waals surface area contributed by atoms with Crippen LogP contribution in [0, 0.1) is 5.41 Å². The number of hydrogen-bond donors (Lipinski definition) is 2. The quantitative estimate of drug-likeness (QED) is 0.734. The third-order valence-corrected chi connectivity index (χ3v) is 4.53. The van der Waals surface area contributed by atoms with Gasteiger partial charge in [0.15, 0.2) is 0 Å². The van der Waals surface area contributed by atoms with Gasteiger partial charge in [-0.1, -0.05) is 25.1 Å². The molecular weight excluding hydrogens is 236 g/mol. The first-order chi connectivity index (χ1) is 7.99. The van der Waals surface area contributed by atoms with Gasteiger partial charge in [0.1, 0.15) is 0 Å². The molecule has 0 aromatic carbocycles. The molecule has 2 aliphatic carbocycles. The minimum atomic E-state index is -0.596. The zero-order chi connectivity index (χ0) is 12.6. The summed E-state index contributed by atoms with van der Waals surface area (Å²) in [7, 11) is 1.76. The van der Waals surface area contributed by atoms with Crippen LogP contribution in [0.2, 0.25) is 0 Å². The lowest BCUT2D eigenvalue weighted by atomic mass is 9.90. The maximum Gasteiger partial charge on any atom is 0.235 e. The number of aliphatic hydroxyl groups is 1. The third kappa shape index (κ3) is 2.18. The maximum absolute atomic E-state index is 12.4. The fraction of sp³-hybridized carbons (Fsp3) is 0.833. The predicted molar refractivity (Wildman–Crippen MR) is 69.5 cm³/mol. The van der Waals surface area contributed by atoms with Crippen molar-refractivity contribution in [3.8, 4) is 0 Å². The average molecular weight is 256 g/mol. The average Bonchev–Trinajstić information content (AvgIpc) is 3.09. The van der Waals surface area contributed by atoms with Crippen molar-refractivity contribution < 1.29 is 9.90 Å². The second-order valence-electron chi connectivity index (χ2n) is 5.28. The van der Waals surface area contributed by atoms with Gasteiger partial charge in [0.05, 0.1) is 22.5 Å². The zero-order valence-electron chi connectivity index (χ0n) is 10.2. The van der Waals surface area contributed by atoms with Gasteiger partial charge in [0, 0.05) is 7.05 Å². The van der Waals surface area contributed by atoms with E-state index in [0.717, 1.165) is 38.5 Å². The van der Waals surface area contributed by atoms with Crippen molar-refractivity contribution >= 4 is 23.1 Å². The van der Waals surface area contributed by atoms with Gasteiger partial charge in [-0.2, -0.15) is 0 Å². The molecule has 2 atom stereocenters. The number of likely N-dealkylation sites (N-methyl/N-ethyl adjacent to an activating group) is 1. The molecular formula is C12H20N2O2S. The molecule has 0 aliphatic heterocycles. The molecule has 0 aromatic heterocycles. The van der Waals surface area contributed by atoms with E-state index in [2.05, 4.69) is 0 Å². The first-order valence-corrected chi connectivity index (χ1v) is 6.65. The molecule has 0 radical (unpaired) electrons. The Morgan fingerprint density at radius 3 is 2.47 bits per heavy atom. The highest BCUT2D eigenvalue weighted by Gasteiger charge is 2.55. The first-order valence-electron chi connectivity index (χ1n) is 6.24. The number of amides is 1. The molecule has 5 heteroatoms. The number of hydrogen-bond acceptors (Lipinski definition) is 3. The van der Waals surface area contributed by atoms with Crippen LogP contribution in [0.3, 0.4) is 0 Å². The summed E-state index contributed by atoms with van der Waals surface area (Å²) in [6.07, 6.45) is 4.88. The normalized spacial score (nSPS) is 30.7. The summed E-state index contributed by atoms with van der Waals surface area (Å²) < 4.78 is 0. The van der Waals surface area contributed by atoms with Crippen molar-refractivity contribution in [2.45, 2.75) is 50.7 Å². The number of nitrogens with two attached hydrogens (primary N) is 1. The highest BCUT2D eigenvalue weighted by molar-refractivity contribution is 7.80. The van der Waals surface area contributed by atoms with Crippen LogP contribution in [0.5, 0.6) is 0 Å². The first kappa shape index (κ1) is 12.8. The highest BCUT2D eigenvalue weighted by atomic mass is 32.1. The second kappa shape index (κ2) is 4.53. The summed E-state index contributed by atoms with van der Waals surface area (Å²) >= 11 is 4.99. The molecule has 0 heterocycles. The van der Waals surface area contributed by atoms with Crippen molar-refractivity contribution in [2.75, 3.05) is 7.05 Å². The van der Waals surface area contributed by atoms with Crippen LogP contribution in [0.4, 0.5) is 0 Å². The Morgan fingerprint density at radius 2 is 2.00 bits per heavy atom. The maximum atomic E-state index is 12.4. The molecule has 2 saturated carbocycles. The van der Waals surface area contributed by atoms with E-state index in [1.165, 1.54) is 0 Å². The van der Waals surface area contributed by atoms with Gasteiger partial charge in [-0.3, -0.25) is 4.79 Å². The summed E-state index contributed by atoms with van der Waals surface area (Å²) in [4.78, 5) is 14.3. The molecule has 1 amide bonds. The monoisotopic (exact) mass is 256 g/mol. The molecule has 2 fully saturated rings. The van der Waals surface area contributed by atoms with Gasteiger partial charge in [0.25, 0.3) is 0 Å². The van der Waals surface area contributed by atoms with Gasteiger partial charge in [-0.15, -0.1) is 0 Å². The SMILES string of the molecule is CN(C(=O)C1(C(N)=S)CC1)C1CCCCC1O. The smallest absolute Gasteiger partial charge is 0.235 e. The molecule has 0 spiro atoms. The number of thiocarbonyl (C=S) groups is 1. The van der Waals surface area contributed by atoms with Gasteiger partial charge >= 0.3 is 0 Å². The lowest BCUT2D eigenvalue weighted by molar-refractivity contribution is -0.138.